The molecule has 0 aromatic heterocycles. The van der Waals surface area contributed by atoms with E-state index in [2.05, 4.69) is 26.8 Å². The van der Waals surface area contributed by atoms with Crippen LogP contribution in [0.3, 0.4) is 0 Å². The molecule has 1 saturated carbocycles. The van der Waals surface area contributed by atoms with Gasteiger partial charge in [0.1, 0.15) is 18.3 Å². The van der Waals surface area contributed by atoms with E-state index in [4.69, 9.17) is 14.2 Å². The highest BCUT2D eigenvalue weighted by molar-refractivity contribution is 5.66. The summed E-state index contributed by atoms with van der Waals surface area (Å²) in [5, 5.41) is 29.7. The molecule has 8 atom stereocenters. The largest absolute Gasteiger partial charge is 0.454 e. The third-order valence-electron chi connectivity index (χ3n) is 6.08. The second-order valence-corrected chi connectivity index (χ2v) is 7.97. The van der Waals surface area contributed by atoms with Gasteiger partial charge in [0.2, 0.25) is 0 Å². The van der Waals surface area contributed by atoms with Crippen LogP contribution in [0.1, 0.15) is 34.1 Å². The average Bonchev–Trinajstić information content (AvgIpc) is 2.53. The van der Waals surface area contributed by atoms with Crippen molar-refractivity contribution in [1.82, 2.24) is 0 Å². The van der Waals surface area contributed by atoms with Crippen molar-refractivity contribution >= 4 is 5.97 Å². The molecule has 3 aliphatic rings. The van der Waals surface area contributed by atoms with Crippen LogP contribution in [0.4, 0.5) is 0 Å². The summed E-state index contributed by atoms with van der Waals surface area (Å²) < 4.78 is 16.9. The minimum Gasteiger partial charge on any atom is -0.454 e. The van der Waals surface area contributed by atoms with Crippen LogP contribution in [0.2, 0.25) is 0 Å². The Balaban J connectivity index is 1.79. The molecule has 2 aliphatic carbocycles. The van der Waals surface area contributed by atoms with Crippen LogP contribution < -0.4 is 0 Å². The van der Waals surface area contributed by atoms with Crippen molar-refractivity contribution in [3.05, 3.63) is 11.6 Å². The number of hydrogen-bond acceptors (Lipinski definition) is 7. The topological polar surface area (TPSA) is 105 Å². The van der Waals surface area contributed by atoms with Crippen LogP contribution in [-0.2, 0) is 19.0 Å². The summed E-state index contributed by atoms with van der Waals surface area (Å²) in [6, 6.07) is 0. The summed E-state index contributed by atoms with van der Waals surface area (Å²) in [5.41, 5.74) is 1.38. The third kappa shape index (κ3) is 3.02. The zero-order chi connectivity index (χ0) is 18.5. The van der Waals surface area contributed by atoms with E-state index >= 15 is 0 Å². The van der Waals surface area contributed by atoms with Gasteiger partial charge in [0.05, 0.1) is 12.7 Å². The Kier molecular flexibility index (Phi) is 4.98. The van der Waals surface area contributed by atoms with Gasteiger partial charge in [0, 0.05) is 12.8 Å². The van der Waals surface area contributed by atoms with Crippen molar-refractivity contribution in [2.75, 3.05) is 6.61 Å². The van der Waals surface area contributed by atoms with E-state index in [1.165, 1.54) is 12.5 Å². The van der Waals surface area contributed by atoms with Gasteiger partial charge in [-0.3, -0.25) is 4.79 Å². The lowest BCUT2D eigenvalue weighted by Gasteiger charge is -2.62. The molecule has 0 spiro atoms. The number of esters is 1. The normalized spacial score (nSPS) is 45.3. The van der Waals surface area contributed by atoms with Gasteiger partial charge in [-0.15, -0.1) is 0 Å². The molecule has 2 fully saturated rings. The van der Waals surface area contributed by atoms with E-state index in [0.29, 0.717) is 5.92 Å². The second kappa shape index (κ2) is 6.63. The average molecular weight is 356 g/mol. The predicted octanol–water partition coefficient (Wildman–Crippen LogP) is 0.364. The Morgan fingerprint density at radius 3 is 2.52 bits per heavy atom. The van der Waals surface area contributed by atoms with E-state index in [1.54, 1.807) is 0 Å². The highest BCUT2D eigenvalue weighted by Gasteiger charge is 2.60. The minimum atomic E-state index is -1.38. The Labute approximate surface area is 147 Å². The van der Waals surface area contributed by atoms with Crippen LogP contribution in [0.5, 0.6) is 0 Å². The van der Waals surface area contributed by atoms with Gasteiger partial charge >= 0.3 is 5.97 Å². The number of rotatable bonds is 4. The first kappa shape index (κ1) is 18.8. The SMILES string of the molecule is CC(=O)OC1C(OC2C3CC=C(C)C2C3(C)C)OC(CO)C(O)C1O. The van der Waals surface area contributed by atoms with Crippen molar-refractivity contribution < 1.29 is 34.3 Å². The Morgan fingerprint density at radius 1 is 1.32 bits per heavy atom. The highest BCUT2D eigenvalue weighted by atomic mass is 16.7. The quantitative estimate of drug-likeness (QED) is 0.493. The van der Waals surface area contributed by atoms with Gasteiger partial charge in [-0.2, -0.15) is 0 Å². The van der Waals surface area contributed by atoms with E-state index in [-0.39, 0.29) is 17.4 Å². The van der Waals surface area contributed by atoms with Crippen molar-refractivity contribution in [2.24, 2.45) is 17.3 Å². The highest BCUT2D eigenvalue weighted by Crippen LogP contribution is 2.60. The number of aliphatic hydroxyl groups excluding tert-OH is 3. The molecule has 1 aliphatic heterocycles. The summed E-state index contributed by atoms with van der Waals surface area (Å²) >= 11 is 0. The molecule has 1 heterocycles. The fourth-order valence-electron chi connectivity index (χ4n) is 4.73. The third-order valence-corrected chi connectivity index (χ3v) is 6.08. The molecule has 0 aromatic carbocycles. The van der Waals surface area contributed by atoms with Crippen LogP contribution >= 0.6 is 0 Å². The van der Waals surface area contributed by atoms with Crippen LogP contribution in [-0.4, -0.2) is 64.7 Å². The molecular weight excluding hydrogens is 328 g/mol. The van der Waals surface area contributed by atoms with E-state index in [0.717, 1.165) is 6.42 Å². The molecule has 7 nitrogen and oxygen atoms in total. The second-order valence-electron chi connectivity index (χ2n) is 7.97. The lowest BCUT2D eigenvalue weighted by molar-refractivity contribution is -0.340. The summed E-state index contributed by atoms with van der Waals surface area (Å²) in [5.74, 6) is -0.0650. The molecule has 25 heavy (non-hydrogen) atoms. The molecule has 3 rings (SSSR count). The molecular formula is C18H28O7. The van der Waals surface area contributed by atoms with Gasteiger partial charge < -0.3 is 29.5 Å². The van der Waals surface area contributed by atoms with Gasteiger partial charge in [0.25, 0.3) is 0 Å². The lowest BCUT2D eigenvalue weighted by atomic mass is 9.47. The standard InChI is InChI=1S/C18H28O7/c1-8-5-6-10-15(12(8)18(10,3)4)25-17-16(23-9(2)20)14(22)13(21)11(7-19)24-17/h5,10-17,19,21-22H,6-7H2,1-4H3. The Bertz CT molecular complexity index is 558. The van der Waals surface area contributed by atoms with Crippen molar-refractivity contribution in [2.45, 2.75) is 70.9 Å². The number of carbonyl (C=O) groups is 1. The van der Waals surface area contributed by atoms with E-state index < -0.39 is 43.3 Å². The first-order valence-corrected chi connectivity index (χ1v) is 8.80. The van der Waals surface area contributed by atoms with Gasteiger partial charge in [0.15, 0.2) is 12.4 Å². The number of fused-ring (bicyclic) bond motifs is 2. The number of carbonyl (C=O) groups excluding carboxylic acids is 1. The molecule has 1 saturated heterocycles. The smallest absolute Gasteiger partial charge is 0.303 e. The van der Waals surface area contributed by atoms with Gasteiger partial charge in [-0.1, -0.05) is 25.5 Å². The summed E-state index contributed by atoms with van der Waals surface area (Å²) in [6.45, 7) is 7.26. The maximum absolute atomic E-state index is 11.4. The van der Waals surface area contributed by atoms with Crippen molar-refractivity contribution in [1.29, 1.82) is 0 Å². The molecule has 142 valence electrons. The maximum atomic E-state index is 11.4. The first-order valence-electron chi connectivity index (χ1n) is 8.80. The Morgan fingerprint density at radius 2 is 2.00 bits per heavy atom. The summed E-state index contributed by atoms with van der Waals surface area (Å²) in [4.78, 5) is 11.4. The van der Waals surface area contributed by atoms with E-state index in [1.807, 2.05) is 0 Å². The molecule has 2 bridgehead atoms. The van der Waals surface area contributed by atoms with Crippen molar-refractivity contribution in [3.63, 3.8) is 0 Å². The monoisotopic (exact) mass is 356 g/mol. The zero-order valence-electron chi connectivity index (χ0n) is 15.1. The number of allylic oxidation sites excluding steroid dienone is 1. The number of hydrogen-bond donors (Lipinski definition) is 3. The lowest BCUT2D eigenvalue weighted by Crippen LogP contribution is -2.66. The Hall–Kier alpha value is -0.990. The molecule has 3 N–H and O–H groups in total. The molecule has 7 heteroatoms. The summed E-state index contributed by atoms with van der Waals surface area (Å²) in [6.07, 6.45) is -2.88. The maximum Gasteiger partial charge on any atom is 0.303 e. The molecule has 0 aromatic rings. The van der Waals surface area contributed by atoms with Crippen LogP contribution in [0, 0.1) is 17.3 Å². The molecule has 0 amide bonds. The molecule has 8 unspecified atom stereocenters. The van der Waals surface area contributed by atoms with Gasteiger partial charge in [-0.05, 0) is 24.7 Å². The van der Waals surface area contributed by atoms with Crippen molar-refractivity contribution in [3.8, 4) is 0 Å². The number of ether oxygens (including phenoxy) is 3. The van der Waals surface area contributed by atoms with Crippen LogP contribution in [0.15, 0.2) is 11.6 Å². The van der Waals surface area contributed by atoms with E-state index in [9.17, 15) is 20.1 Å². The molecule has 0 radical (unpaired) electrons. The zero-order valence-corrected chi connectivity index (χ0v) is 15.1. The fraction of sp³-hybridized carbons (Fsp3) is 0.833. The van der Waals surface area contributed by atoms with Gasteiger partial charge in [-0.25, -0.2) is 0 Å². The minimum absolute atomic E-state index is 0.107. The number of aliphatic hydroxyl groups is 3. The fourth-order valence-corrected chi connectivity index (χ4v) is 4.73. The first-order chi connectivity index (χ1) is 11.7. The predicted molar refractivity (Wildman–Crippen MR) is 87.3 cm³/mol. The summed E-state index contributed by atoms with van der Waals surface area (Å²) in [7, 11) is 0. The van der Waals surface area contributed by atoms with Crippen LogP contribution in [0.25, 0.3) is 0 Å².